The molecule has 0 fully saturated rings. The van der Waals surface area contributed by atoms with Crippen LogP contribution in [0.15, 0.2) is 42.5 Å². The summed E-state index contributed by atoms with van der Waals surface area (Å²) >= 11 is 0. The monoisotopic (exact) mass is 386 g/mol. The van der Waals surface area contributed by atoms with E-state index in [4.69, 9.17) is 4.84 Å². The molecule has 2 amide bonds. The molecule has 0 unspecified atom stereocenters. The Labute approximate surface area is 154 Å². The van der Waals surface area contributed by atoms with Crippen molar-refractivity contribution in [1.82, 2.24) is 5.06 Å². The number of imide groups is 1. The second kappa shape index (κ2) is 5.92. The van der Waals surface area contributed by atoms with Crippen LogP contribution in [0.2, 0.25) is 0 Å². The van der Waals surface area contributed by atoms with Gasteiger partial charge in [-0.25, -0.2) is 13.2 Å². The van der Waals surface area contributed by atoms with Crippen molar-refractivity contribution in [2.75, 3.05) is 17.1 Å². The highest BCUT2D eigenvalue weighted by molar-refractivity contribution is 7.92. The van der Waals surface area contributed by atoms with Gasteiger partial charge in [-0.3, -0.25) is 13.9 Å². The van der Waals surface area contributed by atoms with Crippen LogP contribution in [0.5, 0.6) is 0 Å². The van der Waals surface area contributed by atoms with Crippen molar-refractivity contribution in [2.45, 2.75) is 6.42 Å². The van der Waals surface area contributed by atoms with Crippen LogP contribution in [0.4, 0.5) is 5.69 Å². The van der Waals surface area contributed by atoms with E-state index in [1.54, 1.807) is 12.1 Å². The molecule has 138 valence electrons. The molecule has 2 aliphatic rings. The topological polar surface area (TPSA) is 101 Å². The average molecular weight is 386 g/mol. The molecular weight excluding hydrogens is 372 g/mol. The number of anilines is 1. The Bertz CT molecular complexity index is 1070. The van der Waals surface area contributed by atoms with Crippen LogP contribution in [-0.2, 0) is 21.3 Å². The van der Waals surface area contributed by atoms with Crippen molar-refractivity contribution >= 4 is 33.5 Å². The van der Waals surface area contributed by atoms with Crippen LogP contribution >= 0.6 is 0 Å². The first-order chi connectivity index (χ1) is 12.8. The van der Waals surface area contributed by atoms with Gasteiger partial charge in [-0.15, -0.1) is 0 Å². The standard InChI is InChI=1S/C18H14N2O6S/c1-27(24,25)19-9-8-11-10-12(6-7-15(11)19)18(23)26-20-16(21)13-4-2-3-5-14(13)17(20)22/h2-7,10H,8-9H2,1H3. The third-order valence-electron chi connectivity index (χ3n) is 4.50. The molecule has 2 aromatic rings. The highest BCUT2D eigenvalue weighted by atomic mass is 32.2. The minimum Gasteiger partial charge on any atom is -0.324 e. The highest BCUT2D eigenvalue weighted by Crippen LogP contribution is 2.31. The predicted octanol–water partition coefficient (Wildman–Crippen LogP) is 1.38. The van der Waals surface area contributed by atoms with Crippen molar-refractivity contribution in [1.29, 1.82) is 0 Å². The largest absolute Gasteiger partial charge is 0.363 e. The summed E-state index contributed by atoms with van der Waals surface area (Å²) < 4.78 is 24.8. The Morgan fingerprint density at radius 2 is 1.67 bits per heavy atom. The van der Waals surface area contributed by atoms with Crippen LogP contribution in [0.3, 0.4) is 0 Å². The van der Waals surface area contributed by atoms with Crippen molar-refractivity contribution in [3.8, 4) is 0 Å². The molecule has 0 aliphatic carbocycles. The fraction of sp³-hybridized carbons (Fsp3) is 0.167. The third kappa shape index (κ3) is 2.76. The summed E-state index contributed by atoms with van der Waals surface area (Å²) in [5.74, 6) is -2.27. The molecule has 0 spiro atoms. The fourth-order valence-corrected chi connectivity index (χ4v) is 4.19. The van der Waals surface area contributed by atoms with E-state index in [2.05, 4.69) is 0 Å². The summed E-state index contributed by atoms with van der Waals surface area (Å²) in [6.45, 7) is 0.297. The molecule has 2 heterocycles. The van der Waals surface area contributed by atoms with Crippen LogP contribution < -0.4 is 4.31 Å². The van der Waals surface area contributed by atoms with E-state index >= 15 is 0 Å². The van der Waals surface area contributed by atoms with Gasteiger partial charge in [0.15, 0.2) is 0 Å². The molecule has 0 bridgehead atoms. The van der Waals surface area contributed by atoms with Crippen LogP contribution in [0.25, 0.3) is 0 Å². The molecule has 8 nitrogen and oxygen atoms in total. The number of nitrogens with zero attached hydrogens (tertiary/aromatic N) is 2. The van der Waals surface area contributed by atoms with Crippen molar-refractivity contribution < 1.29 is 27.6 Å². The number of benzene rings is 2. The van der Waals surface area contributed by atoms with Gasteiger partial charge < -0.3 is 4.84 Å². The molecule has 0 atom stereocenters. The van der Waals surface area contributed by atoms with Gasteiger partial charge in [0.05, 0.1) is 28.6 Å². The van der Waals surface area contributed by atoms with E-state index in [0.29, 0.717) is 29.3 Å². The quantitative estimate of drug-likeness (QED) is 0.739. The van der Waals surface area contributed by atoms with E-state index in [0.717, 1.165) is 6.26 Å². The Balaban J connectivity index is 1.57. The lowest BCUT2D eigenvalue weighted by Crippen LogP contribution is -2.32. The van der Waals surface area contributed by atoms with Crippen LogP contribution in [-0.4, -0.2) is 44.1 Å². The molecule has 2 aromatic carbocycles. The second-order valence-corrected chi connectivity index (χ2v) is 8.16. The van der Waals surface area contributed by atoms with Gasteiger partial charge in [0.2, 0.25) is 10.0 Å². The Morgan fingerprint density at radius 1 is 1.04 bits per heavy atom. The number of hydroxylamine groups is 2. The van der Waals surface area contributed by atoms with Gasteiger partial charge in [0.25, 0.3) is 11.8 Å². The minimum atomic E-state index is -3.39. The third-order valence-corrected chi connectivity index (χ3v) is 5.68. The predicted molar refractivity (Wildman–Crippen MR) is 94.7 cm³/mol. The number of hydrogen-bond donors (Lipinski definition) is 0. The summed E-state index contributed by atoms with van der Waals surface area (Å²) in [6.07, 6.45) is 1.57. The second-order valence-electron chi connectivity index (χ2n) is 6.26. The van der Waals surface area contributed by atoms with Crippen molar-refractivity contribution in [2.24, 2.45) is 0 Å². The lowest BCUT2D eigenvalue weighted by molar-refractivity contribution is -0.0584. The van der Waals surface area contributed by atoms with Gasteiger partial charge in [0.1, 0.15) is 0 Å². The van der Waals surface area contributed by atoms with Crippen molar-refractivity contribution in [3.63, 3.8) is 0 Å². The molecule has 0 saturated carbocycles. The highest BCUT2D eigenvalue weighted by Gasteiger charge is 2.39. The van der Waals surface area contributed by atoms with E-state index < -0.39 is 27.8 Å². The molecule has 27 heavy (non-hydrogen) atoms. The smallest absolute Gasteiger partial charge is 0.324 e. The maximum absolute atomic E-state index is 12.4. The molecule has 4 rings (SSSR count). The molecular formula is C18H14N2O6S. The molecule has 2 aliphatic heterocycles. The van der Waals surface area contributed by atoms with E-state index in [-0.39, 0.29) is 16.7 Å². The first kappa shape index (κ1) is 17.2. The summed E-state index contributed by atoms with van der Waals surface area (Å²) in [7, 11) is -3.39. The summed E-state index contributed by atoms with van der Waals surface area (Å²) in [6, 6.07) is 10.6. The first-order valence-electron chi connectivity index (χ1n) is 8.08. The number of amides is 2. The van der Waals surface area contributed by atoms with E-state index in [9.17, 15) is 22.8 Å². The summed E-state index contributed by atoms with van der Waals surface area (Å²) in [5, 5.41) is 0.447. The number of sulfonamides is 1. The molecule has 9 heteroatoms. The number of rotatable bonds is 3. The molecule has 0 aromatic heterocycles. The van der Waals surface area contributed by atoms with Crippen LogP contribution in [0.1, 0.15) is 36.6 Å². The molecule has 0 saturated heterocycles. The molecule has 0 radical (unpaired) electrons. The maximum atomic E-state index is 12.4. The van der Waals surface area contributed by atoms with E-state index in [1.807, 2.05) is 0 Å². The lowest BCUT2D eigenvalue weighted by Gasteiger charge is -2.17. The average Bonchev–Trinajstić information content (AvgIpc) is 3.17. The number of fused-ring (bicyclic) bond motifs is 2. The summed E-state index contributed by atoms with van der Waals surface area (Å²) in [5.41, 5.74) is 1.66. The Hall–Kier alpha value is -3.20. The van der Waals surface area contributed by atoms with Crippen LogP contribution in [0, 0.1) is 0 Å². The van der Waals surface area contributed by atoms with Gasteiger partial charge in [-0.2, -0.15) is 0 Å². The van der Waals surface area contributed by atoms with Gasteiger partial charge in [-0.05, 0) is 42.3 Å². The Morgan fingerprint density at radius 3 is 2.26 bits per heavy atom. The number of carbonyl (C=O) groups is 3. The zero-order chi connectivity index (χ0) is 19.3. The minimum absolute atomic E-state index is 0.126. The lowest BCUT2D eigenvalue weighted by atomic mass is 10.1. The summed E-state index contributed by atoms with van der Waals surface area (Å²) in [4.78, 5) is 42.0. The van der Waals surface area contributed by atoms with Gasteiger partial charge in [-0.1, -0.05) is 17.2 Å². The Kier molecular flexibility index (Phi) is 3.77. The van der Waals surface area contributed by atoms with Gasteiger partial charge in [0, 0.05) is 6.54 Å². The SMILES string of the molecule is CS(=O)(=O)N1CCc2cc(C(=O)ON3C(=O)c4ccccc4C3=O)ccc21. The van der Waals surface area contributed by atoms with Crippen molar-refractivity contribution in [3.05, 3.63) is 64.7 Å². The normalized spacial score (nSPS) is 15.7. The zero-order valence-corrected chi connectivity index (χ0v) is 15.0. The fourth-order valence-electron chi connectivity index (χ4n) is 3.23. The maximum Gasteiger partial charge on any atom is 0.363 e. The number of hydrogen-bond acceptors (Lipinski definition) is 6. The van der Waals surface area contributed by atoms with E-state index in [1.165, 1.54) is 34.6 Å². The first-order valence-corrected chi connectivity index (χ1v) is 9.93. The molecule has 0 N–H and O–H groups in total. The van der Waals surface area contributed by atoms with Gasteiger partial charge >= 0.3 is 5.97 Å². The number of carbonyl (C=O) groups excluding carboxylic acids is 3. The zero-order valence-electron chi connectivity index (χ0n) is 14.2.